The van der Waals surface area contributed by atoms with Crippen molar-refractivity contribution in [3.63, 3.8) is 0 Å². The zero-order valence-electron chi connectivity index (χ0n) is 12.2. The van der Waals surface area contributed by atoms with Gasteiger partial charge in [0.2, 0.25) is 10.0 Å². The summed E-state index contributed by atoms with van der Waals surface area (Å²) in [7, 11) is -3.43. The van der Waals surface area contributed by atoms with Gasteiger partial charge in [0, 0.05) is 10.9 Å². The van der Waals surface area contributed by atoms with Gasteiger partial charge in [0.1, 0.15) is 0 Å². The van der Waals surface area contributed by atoms with Crippen molar-refractivity contribution in [2.75, 3.05) is 5.33 Å². The Hall–Kier alpha value is -0.390. The molecule has 0 amide bonds. The number of halogens is 1. The van der Waals surface area contributed by atoms with Crippen LogP contribution in [-0.2, 0) is 22.9 Å². The highest BCUT2D eigenvalue weighted by molar-refractivity contribution is 9.09. The van der Waals surface area contributed by atoms with E-state index in [1.165, 1.54) is 17.5 Å². The van der Waals surface area contributed by atoms with Crippen LogP contribution in [0.5, 0.6) is 0 Å². The van der Waals surface area contributed by atoms with Crippen LogP contribution >= 0.6 is 15.9 Å². The summed E-state index contributed by atoms with van der Waals surface area (Å²) in [5, 5.41) is 0.685. The second-order valence-electron chi connectivity index (χ2n) is 6.36. The first kappa shape index (κ1) is 15.5. The quantitative estimate of drug-likeness (QED) is 0.822. The van der Waals surface area contributed by atoms with E-state index >= 15 is 0 Å². The van der Waals surface area contributed by atoms with E-state index in [1.807, 2.05) is 12.1 Å². The first-order valence-corrected chi connectivity index (χ1v) is 10.4. The molecule has 116 valence electrons. The molecule has 0 radical (unpaired) electrons. The fourth-order valence-corrected chi connectivity index (χ4v) is 5.95. The molecule has 0 atom stereocenters. The molecule has 0 heterocycles. The van der Waals surface area contributed by atoms with Crippen LogP contribution < -0.4 is 4.72 Å². The summed E-state index contributed by atoms with van der Waals surface area (Å²) in [6, 6.07) is 5.62. The van der Waals surface area contributed by atoms with E-state index in [9.17, 15) is 8.42 Å². The Balaban J connectivity index is 1.86. The molecule has 21 heavy (non-hydrogen) atoms. The van der Waals surface area contributed by atoms with Gasteiger partial charge in [0.05, 0.1) is 4.90 Å². The molecule has 2 aliphatic rings. The zero-order valence-corrected chi connectivity index (χ0v) is 14.6. The van der Waals surface area contributed by atoms with Crippen LogP contribution in [0.25, 0.3) is 0 Å². The largest absolute Gasteiger partial charge is 0.241 e. The highest BCUT2D eigenvalue weighted by atomic mass is 79.9. The van der Waals surface area contributed by atoms with E-state index in [-0.39, 0.29) is 5.54 Å². The predicted octanol–water partition coefficient (Wildman–Crippen LogP) is 3.55. The number of sulfonamides is 1. The number of hydrogen-bond donors (Lipinski definition) is 1. The molecule has 3 nitrogen and oxygen atoms in total. The minimum atomic E-state index is -3.43. The molecule has 1 fully saturated rings. The maximum absolute atomic E-state index is 12.7. The molecule has 3 rings (SSSR count). The van der Waals surface area contributed by atoms with Crippen LogP contribution in [0.4, 0.5) is 0 Å². The van der Waals surface area contributed by atoms with Gasteiger partial charge >= 0.3 is 0 Å². The highest BCUT2D eigenvalue weighted by Gasteiger charge is 2.35. The lowest BCUT2D eigenvalue weighted by atomic mass is 9.84. The smallest absolute Gasteiger partial charge is 0.207 e. The third kappa shape index (κ3) is 3.20. The average molecular weight is 372 g/mol. The lowest BCUT2D eigenvalue weighted by Gasteiger charge is -2.36. The van der Waals surface area contributed by atoms with Crippen molar-refractivity contribution in [3.05, 3.63) is 29.3 Å². The van der Waals surface area contributed by atoms with Gasteiger partial charge in [-0.15, -0.1) is 0 Å². The van der Waals surface area contributed by atoms with Crippen LogP contribution in [0.15, 0.2) is 23.1 Å². The molecule has 1 N–H and O–H groups in total. The molecule has 0 bridgehead atoms. The van der Waals surface area contributed by atoms with Crippen LogP contribution in [0.1, 0.15) is 49.7 Å². The van der Waals surface area contributed by atoms with E-state index in [0.29, 0.717) is 10.2 Å². The number of fused-ring (bicyclic) bond motifs is 1. The van der Waals surface area contributed by atoms with Crippen molar-refractivity contribution in [3.8, 4) is 0 Å². The Morgan fingerprint density at radius 3 is 2.48 bits per heavy atom. The Labute approximate surface area is 135 Å². The topological polar surface area (TPSA) is 46.2 Å². The maximum atomic E-state index is 12.7. The molecule has 2 aliphatic carbocycles. The highest BCUT2D eigenvalue weighted by Crippen LogP contribution is 2.32. The Morgan fingerprint density at radius 1 is 1.05 bits per heavy atom. The van der Waals surface area contributed by atoms with Crippen LogP contribution in [-0.4, -0.2) is 19.3 Å². The SMILES string of the molecule is O=S(=O)(NC1(CBr)CCCCC1)c1ccc2c(c1)CCC2. The molecule has 1 aromatic rings. The molecule has 1 saturated carbocycles. The van der Waals surface area contributed by atoms with Crippen molar-refractivity contribution < 1.29 is 8.42 Å². The normalized spacial score (nSPS) is 21.2. The minimum absolute atomic E-state index is 0.309. The van der Waals surface area contributed by atoms with Crippen molar-refractivity contribution in [2.45, 2.75) is 61.8 Å². The summed E-state index contributed by atoms with van der Waals surface area (Å²) < 4.78 is 28.5. The van der Waals surface area contributed by atoms with E-state index in [0.717, 1.165) is 44.9 Å². The molecule has 0 spiro atoms. The lowest BCUT2D eigenvalue weighted by Crippen LogP contribution is -2.51. The van der Waals surface area contributed by atoms with E-state index in [1.54, 1.807) is 6.07 Å². The van der Waals surface area contributed by atoms with Crippen LogP contribution in [0.3, 0.4) is 0 Å². The first-order chi connectivity index (χ1) is 10.0. The predicted molar refractivity (Wildman–Crippen MR) is 88.4 cm³/mol. The van der Waals surface area contributed by atoms with E-state index in [2.05, 4.69) is 20.7 Å². The van der Waals surface area contributed by atoms with Gasteiger partial charge in [-0.05, 0) is 55.4 Å². The molecule has 0 aromatic heterocycles. The van der Waals surface area contributed by atoms with E-state index < -0.39 is 10.0 Å². The summed E-state index contributed by atoms with van der Waals surface area (Å²) in [5.41, 5.74) is 2.20. The molecular formula is C16H22BrNO2S. The third-order valence-corrected chi connectivity index (χ3v) is 7.45. The molecule has 0 saturated heterocycles. The molecule has 0 aliphatic heterocycles. The lowest BCUT2D eigenvalue weighted by molar-refractivity contribution is 0.301. The van der Waals surface area contributed by atoms with Crippen molar-refractivity contribution in [2.24, 2.45) is 0 Å². The Morgan fingerprint density at radius 2 is 1.76 bits per heavy atom. The minimum Gasteiger partial charge on any atom is -0.207 e. The number of aryl methyl sites for hydroxylation is 2. The van der Waals surface area contributed by atoms with Gasteiger partial charge < -0.3 is 0 Å². The molecule has 1 aromatic carbocycles. The van der Waals surface area contributed by atoms with Gasteiger partial charge in [0.15, 0.2) is 0 Å². The van der Waals surface area contributed by atoms with Crippen molar-refractivity contribution in [1.82, 2.24) is 4.72 Å². The molecule has 5 heteroatoms. The maximum Gasteiger partial charge on any atom is 0.241 e. The third-order valence-electron chi connectivity index (χ3n) is 4.80. The number of benzene rings is 1. The van der Waals surface area contributed by atoms with Gasteiger partial charge in [-0.3, -0.25) is 0 Å². The summed E-state index contributed by atoms with van der Waals surface area (Å²) in [6.45, 7) is 0. The van der Waals surface area contributed by atoms with E-state index in [4.69, 9.17) is 0 Å². The van der Waals surface area contributed by atoms with Crippen molar-refractivity contribution in [1.29, 1.82) is 0 Å². The first-order valence-electron chi connectivity index (χ1n) is 7.76. The molecular weight excluding hydrogens is 350 g/mol. The Kier molecular flexibility index (Phi) is 4.44. The Bertz CT molecular complexity index is 621. The summed E-state index contributed by atoms with van der Waals surface area (Å²) in [6.07, 6.45) is 8.45. The second kappa shape index (κ2) is 6.01. The van der Waals surface area contributed by atoms with Gasteiger partial charge in [-0.1, -0.05) is 41.3 Å². The van der Waals surface area contributed by atoms with Crippen molar-refractivity contribution >= 4 is 26.0 Å². The number of nitrogens with one attached hydrogen (secondary N) is 1. The average Bonchev–Trinajstić information content (AvgIpc) is 2.95. The van der Waals surface area contributed by atoms with Gasteiger partial charge in [-0.2, -0.15) is 0 Å². The van der Waals surface area contributed by atoms with Gasteiger partial charge in [0.25, 0.3) is 0 Å². The monoisotopic (exact) mass is 371 g/mol. The van der Waals surface area contributed by atoms with Gasteiger partial charge in [-0.25, -0.2) is 13.1 Å². The summed E-state index contributed by atoms with van der Waals surface area (Å²) >= 11 is 3.52. The van der Waals surface area contributed by atoms with Crippen LogP contribution in [0.2, 0.25) is 0 Å². The molecule has 0 unspecified atom stereocenters. The second-order valence-corrected chi connectivity index (χ2v) is 8.61. The van der Waals surface area contributed by atoms with Crippen LogP contribution in [0, 0.1) is 0 Å². The fraction of sp³-hybridized carbons (Fsp3) is 0.625. The number of rotatable bonds is 4. The standard InChI is InChI=1S/C16H22BrNO2S/c17-12-16(9-2-1-3-10-16)18-21(19,20)15-8-7-13-5-4-6-14(13)11-15/h7-8,11,18H,1-6,9-10,12H2. The fourth-order valence-electron chi connectivity index (χ4n) is 3.55. The summed E-state index contributed by atoms with van der Waals surface area (Å²) in [5.74, 6) is 0. The summed E-state index contributed by atoms with van der Waals surface area (Å²) in [4.78, 5) is 0.425. The number of alkyl halides is 1. The number of hydrogen-bond acceptors (Lipinski definition) is 2. The zero-order chi connectivity index (χ0) is 14.9.